The van der Waals surface area contributed by atoms with Crippen LogP contribution in [0.5, 0.6) is 0 Å². The average Bonchev–Trinajstić information content (AvgIpc) is 2.44. The van der Waals surface area contributed by atoms with E-state index in [1.165, 1.54) is 11.8 Å². The second kappa shape index (κ2) is 4.71. The van der Waals surface area contributed by atoms with Crippen LogP contribution in [0.25, 0.3) is 0 Å². The van der Waals surface area contributed by atoms with Gasteiger partial charge in [-0.1, -0.05) is 12.1 Å². The molecule has 0 fully saturated rings. The summed E-state index contributed by atoms with van der Waals surface area (Å²) in [5.74, 6) is -0.256. The maximum absolute atomic E-state index is 13.6. The molecule has 3 nitrogen and oxygen atoms in total. The average molecular weight is 271 g/mol. The van der Waals surface area contributed by atoms with Crippen molar-refractivity contribution in [2.75, 3.05) is 35.7 Å². The van der Waals surface area contributed by atoms with Crippen molar-refractivity contribution < 1.29 is 4.39 Å². The van der Waals surface area contributed by atoms with E-state index in [1.54, 1.807) is 6.92 Å². The molecule has 20 heavy (non-hydrogen) atoms. The summed E-state index contributed by atoms with van der Waals surface area (Å²) >= 11 is 0. The standard InChI is InChI=1S/C16H18FN3/c1-11-9-16(13(18)10-12(11)17)20-8-7-19(2)14-5-3-4-6-15(14)20/h3-6,9-10H,7-8,18H2,1-2H3. The summed E-state index contributed by atoms with van der Waals surface area (Å²) < 4.78 is 13.6. The van der Waals surface area contributed by atoms with Crippen molar-refractivity contribution in [3.63, 3.8) is 0 Å². The van der Waals surface area contributed by atoms with Crippen LogP contribution in [-0.4, -0.2) is 20.1 Å². The molecule has 0 saturated carbocycles. The van der Waals surface area contributed by atoms with Gasteiger partial charge < -0.3 is 15.5 Å². The third-order valence-electron chi connectivity index (χ3n) is 3.84. The molecule has 0 aromatic heterocycles. The minimum atomic E-state index is -0.256. The zero-order valence-electron chi connectivity index (χ0n) is 11.7. The molecule has 0 radical (unpaired) electrons. The van der Waals surface area contributed by atoms with Crippen molar-refractivity contribution in [2.45, 2.75) is 6.92 Å². The fourth-order valence-corrected chi connectivity index (χ4v) is 2.67. The van der Waals surface area contributed by atoms with E-state index in [2.05, 4.69) is 29.0 Å². The fraction of sp³-hybridized carbons (Fsp3) is 0.250. The molecule has 0 amide bonds. The number of benzene rings is 2. The number of halogens is 1. The summed E-state index contributed by atoms with van der Waals surface area (Å²) in [7, 11) is 2.08. The van der Waals surface area contributed by atoms with Gasteiger partial charge in [0, 0.05) is 20.1 Å². The van der Waals surface area contributed by atoms with Gasteiger partial charge in [-0.25, -0.2) is 4.39 Å². The molecule has 1 heterocycles. The van der Waals surface area contributed by atoms with Crippen molar-refractivity contribution in [2.24, 2.45) is 0 Å². The Morgan fingerprint density at radius 1 is 1.05 bits per heavy atom. The monoisotopic (exact) mass is 271 g/mol. The van der Waals surface area contributed by atoms with Gasteiger partial charge in [-0.2, -0.15) is 0 Å². The van der Waals surface area contributed by atoms with Gasteiger partial charge in [-0.05, 0) is 36.8 Å². The number of nitrogens with zero attached hydrogens (tertiary/aromatic N) is 2. The first-order chi connectivity index (χ1) is 9.58. The highest BCUT2D eigenvalue weighted by Gasteiger charge is 2.22. The molecular formula is C16H18FN3. The Hall–Kier alpha value is -2.23. The van der Waals surface area contributed by atoms with E-state index in [-0.39, 0.29) is 5.82 Å². The number of rotatable bonds is 1. The molecule has 0 atom stereocenters. The van der Waals surface area contributed by atoms with Crippen LogP contribution in [0.4, 0.5) is 27.1 Å². The minimum absolute atomic E-state index is 0.256. The van der Waals surface area contributed by atoms with Gasteiger partial charge in [0.2, 0.25) is 0 Å². The summed E-state index contributed by atoms with van der Waals surface area (Å²) in [6.45, 7) is 3.51. The van der Waals surface area contributed by atoms with Gasteiger partial charge in [0.25, 0.3) is 0 Å². The SMILES string of the molecule is Cc1cc(N2CCN(C)c3ccccc32)c(N)cc1F. The van der Waals surface area contributed by atoms with Crippen LogP contribution in [0.2, 0.25) is 0 Å². The van der Waals surface area contributed by atoms with E-state index >= 15 is 0 Å². The van der Waals surface area contributed by atoms with E-state index in [1.807, 2.05) is 18.2 Å². The number of para-hydroxylation sites is 2. The summed E-state index contributed by atoms with van der Waals surface area (Å²) in [6, 6.07) is 11.4. The van der Waals surface area contributed by atoms with Crippen LogP contribution in [0.15, 0.2) is 36.4 Å². The third kappa shape index (κ3) is 1.97. The molecule has 0 spiro atoms. The fourth-order valence-electron chi connectivity index (χ4n) is 2.67. The predicted molar refractivity (Wildman–Crippen MR) is 82.3 cm³/mol. The van der Waals surface area contributed by atoms with Crippen molar-refractivity contribution in [1.82, 2.24) is 0 Å². The zero-order valence-corrected chi connectivity index (χ0v) is 11.7. The quantitative estimate of drug-likeness (QED) is 0.808. The van der Waals surface area contributed by atoms with Crippen molar-refractivity contribution in [3.8, 4) is 0 Å². The molecule has 1 aliphatic heterocycles. The number of anilines is 4. The lowest BCUT2D eigenvalue weighted by Crippen LogP contribution is -2.36. The summed E-state index contributed by atoms with van der Waals surface area (Å²) in [6.07, 6.45) is 0. The van der Waals surface area contributed by atoms with Crippen LogP contribution in [0.1, 0.15) is 5.56 Å². The number of aryl methyl sites for hydroxylation is 1. The van der Waals surface area contributed by atoms with Gasteiger partial charge in [0.05, 0.1) is 22.7 Å². The molecule has 1 aliphatic rings. The van der Waals surface area contributed by atoms with Crippen LogP contribution >= 0.6 is 0 Å². The maximum Gasteiger partial charge on any atom is 0.128 e. The number of nitrogens with two attached hydrogens (primary N) is 1. The van der Waals surface area contributed by atoms with E-state index < -0.39 is 0 Å². The normalized spacial score (nSPS) is 14.3. The smallest absolute Gasteiger partial charge is 0.128 e. The van der Waals surface area contributed by atoms with E-state index in [4.69, 9.17) is 5.73 Å². The first-order valence-corrected chi connectivity index (χ1v) is 6.71. The third-order valence-corrected chi connectivity index (χ3v) is 3.84. The van der Waals surface area contributed by atoms with Gasteiger partial charge >= 0.3 is 0 Å². The maximum atomic E-state index is 13.6. The highest BCUT2D eigenvalue weighted by molar-refractivity contribution is 5.84. The molecule has 3 rings (SSSR count). The molecule has 2 N–H and O–H groups in total. The molecule has 0 unspecified atom stereocenters. The Bertz CT molecular complexity index is 654. The largest absolute Gasteiger partial charge is 0.397 e. The van der Waals surface area contributed by atoms with Gasteiger partial charge in [-0.3, -0.25) is 0 Å². The molecular weight excluding hydrogens is 253 g/mol. The second-order valence-electron chi connectivity index (χ2n) is 5.22. The van der Waals surface area contributed by atoms with Crippen LogP contribution in [-0.2, 0) is 0 Å². The lowest BCUT2D eigenvalue weighted by molar-refractivity contribution is 0.619. The summed E-state index contributed by atoms with van der Waals surface area (Å²) in [5.41, 5.74) is 10.3. The minimum Gasteiger partial charge on any atom is -0.397 e. The summed E-state index contributed by atoms with van der Waals surface area (Å²) in [4.78, 5) is 4.38. The number of likely N-dealkylation sites (N-methyl/N-ethyl adjacent to an activating group) is 1. The van der Waals surface area contributed by atoms with Gasteiger partial charge in [-0.15, -0.1) is 0 Å². The van der Waals surface area contributed by atoms with E-state index in [0.717, 1.165) is 24.5 Å². The molecule has 104 valence electrons. The van der Waals surface area contributed by atoms with Crippen molar-refractivity contribution >= 4 is 22.7 Å². The Morgan fingerprint density at radius 2 is 1.75 bits per heavy atom. The second-order valence-corrected chi connectivity index (χ2v) is 5.22. The highest BCUT2D eigenvalue weighted by Crippen LogP contribution is 2.39. The molecule has 4 heteroatoms. The van der Waals surface area contributed by atoms with E-state index in [9.17, 15) is 4.39 Å². The number of fused-ring (bicyclic) bond motifs is 1. The Morgan fingerprint density at radius 3 is 2.50 bits per heavy atom. The molecule has 0 aliphatic carbocycles. The van der Waals surface area contributed by atoms with Gasteiger partial charge in [0.1, 0.15) is 5.82 Å². The van der Waals surface area contributed by atoms with Crippen LogP contribution < -0.4 is 15.5 Å². The zero-order chi connectivity index (χ0) is 14.3. The Kier molecular flexibility index (Phi) is 3.01. The number of hydrogen-bond donors (Lipinski definition) is 1. The highest BCUT2D eigenvalue weighted by atomic mass is 19.1. The first-order valence-electron chi connectivity index (χ1n) is 6.71. The van der Waals surface area contributed by atoms with Crippen LogP contribution in [0, 0.1) is 12.7 Å². The molecule has 0 bridgehead atoms. The van der Waals surface area contributed by atoms with E-state index in [0.29, 0.717) is 11.3 Å². The summed E-state index contributed by atoms with van der Waals surface area (Å²) in [5, 5.41) is 0. The topological polar surface area (TPSA) is 32.5 Å². The first kappa shape index (κ1) is 12.8. The number of hydrogen-bond acceptors (Lipinski definition) is 3. The Balaban J connectivity index is 2.12. The van der Waals surface area contributed by atoms with Crippen molar-refractivity contribution in [3.05, 3.63) is 47.8 Å². The molecule has 2 aromatic carbocycles. The van der Waals surface area contributed by atoms with Crippen molar-refractivity contribution in [1.29, 1.82) is 0 Å². The number of nitrogen functional groups attached to an aromatic ring is 1. The molecule has 2 aromatic rings. The predicted octanol–water partition coefficient (Wildman–Crippen LogP) is 3.30. The lowest BCUT2D eigenvalue weighted by atomic mass is 10.1. The van der Waals surface area contributed by atoms with Crippen LogP contribution in [0.3, 0.4) is 0 Å². The van der Waals surface area contributed by atoms with Gasteiger partial charge in [0.15, 0.2) is 0 Å². The lowest BCUT2D eigenvalue weighted by Gasteiger charge is -2.37. The Labute approximate surface area is 118 Å². The molecule has 0 saturated heterocycles.